The maximum Gasteiger partial charge on any atom is 0.244 e. The lowest BCUT2D eigenvalue weighted by molar-refractivity contribution is -0.116. The van der Waals surface area contributed by atoms with Crippen LogP contribution in [-0.2, 0) is 26.9 Å². The fourth-order valence-corrected chi connectivity index (χ4v) is 3.66. The Bertz CT molecular complexity index is 1090. The first-order valence-electron chi connectivity index (χ1n) is 7.91. The van der Waals surface area contributed by atoms with E-state index in [-0.39, 0.29) is 18.2 Å². The zero-order valence-electron chi connectivity index (χ0n) is 14.4. The lowest BCUT2D eigenvalue weighted by Crippen LogP contribution is -2.21. The number of hydrogen-bond acceptors (Lipinski definition) is 4. The minimum Gasteiger partial charge on any atom is -0.324 e. The predicted octanol–water partition coefficient (Wildman–Crippen LogP) is 3.18. The molecule has 3 rings (SSSR count). The van der Waals surface area contributed by atoms with Gasteiger partial charge in [0, 0.05) is 17.0 Å². The van der Waals surface area contributed by atoms with Crippen LogP contribution in [0.3, 0.4) is 0 Å². The topological polar surface area (TPSA) is 81.1 Å². The Kier molecular flexibility index (Phi) is 5.02. The molecule has 0 aliphatic carbocycles. The van der Waals surface area contributed by atoms with Gasteiger partial charge in [-0.1, -0.05) is 23.7 Å². The monoisotopic (exact) mass is 391 g/mol. The van der Waals surface area contributed by atoms with Gasteiger partial charge in [-0.25, -0.2) is 13.4 Å². The lowest BCUT2D eigenvalue weighted by Gasteiger charge is -2.11. The van der Waals surface area contributed by atoms with Gasteiger partial charge in [0.15, 0.2) is 9.84 Å². The van der Waals surface area contributed by atoms with Gasteiger partial charge in [0.25, 0.3) is 0 Å². The molecule has 0 unspecified atom stereocenters. The molecule has 3 aromatic rings. The van der Waals surface area contributed by atoms with Crippen molar-refractivity contribution in [3.05, 3.63) is 58.9 Å². The summed E-state index contributed by atoms with van der Waals surface area (Å²) < 4.78 is 25.1. The number of rotatable bonds is 5. The summed E-state index contributed by atoms with van der Waals surface area (Å²) in [6.07, 6.45) is 1.15. The molecule has 6 nitrogen and oxygen atoms in total. The van der Waals surface area contributed by atoms with Crippen LogP contribution in [-0.4, -0.2) is 30.1 Å². The van der Waals surface area contributed by atoms with E-state index in [4.69, 9.17) is 11.6 Å². The number of para-hydroxylation sites is 2. The van der Waals surface area contributed by atoms with Crippen LogP contribution in [0.5, 0.6) is 0 Å². The molecule has 0 saturated carbocycles. The molecule has 0 aliphatic rings. The predicted molar refractivity (Wildman–Crippen MR) is 103 cm³/mol. The summed E-state index contributed by atoms with van der Waals surface area (Å²) >= 11 is 5.93. The highest BCUT2D eigenvalue weighted by Crippen LogP contribution is 2.21. The number of halogens is 1. The third kappa shape index (κ3) is 4.23. The molecule has 8 heteroatoms. The molecule has 0 fully saturated rings. The van der Waals surface area contributed by atoms with Crippen LogP contribution in [0.15, 0.2) is 42.5 Å². The second-order valence-electron chi connectivity index (χ2n) is 6.18. The molecule has 1 N–H and O–H groups in total. The Morgan fingerprint density at radius 1 is 1.23 bits per heavy atom. The highest BCUT2D eigenvalue weighted by atomic mass is 35.5. The summed E-state index contributed by atoms with van der Waals surface area (Å²) in [5, 5.41) is 3.43. The smallest absolute Gasteiger partial charge is 0.244 e. The van der Waals surface area contributed by atoms with Crippen LogP contribution in [0.25, 0.3) is 11.0 Å². The fourth-order valence-electron chi connectivity index (χ4n) is 2.75. The Morgan fingerprint density at radius 2 is 1.96 bits per heavy atom. The number of anilines is 1. The van der Waals surface area contributed by atoms with E-state index >= 15 is 0 Å². The molecule has 1 heterocycles. The largest absolute Gasteiger partial charge is 0.324 e. The van der Waals surface area contributed by atoms with Crippen LogP contribution < -0.4 is 5.32 Å². The Balaban J connectivity index is 1.91. The molecule has 2 aromatic carbocycles. The van der Waals surface area contributed by atoms with E-state index in [2.05, 4.69) is 10.3 Å². The number of nitrogens with one attached hydrogen (secondary N) is 1. The van der Waals surface area contributed by atoms with E-state index < -0.39 is 9.84 Å². The van der Waals surface area contributed by atoms with Gasteiger partial charge in [0.2, 0.25) is 5.91 Å². The average Bonchev–Trinajstić information content (AvgIpc) is 2.86. The van der Waals surface area contributed by atoms with E-state index in [9.17, 15) is 13.2 Å². The minimum atomic E-state index is -3.28. The Hall–Kier alpha value is -2.38. The number of nitrogens with zero attached hydrogens (tertiary/aromatic N) is 2. The lowest BCUT2D eigenvalue weighted by atomic mass is 10.2. The SMILES string of the molecule is Cc1cc(Cl)ccc1NC(=O)Cn1c(CS(C)(=O)=O)nc2ccccc21. The molecule has 0 atom stereocenters. The van der Waals surface area contributed by atoms with Crippen LogP contribution in [0.4, 0.5) is 5.69 Å². The first kappa shape index (κ1) is 18.4. The molecule has 26 heavy (non-hydrogen) atoms. The first-order chi connectivity index (χ1) is 12.2. The minimum absolute atomic E-state index is 0.0343. The number of fused-ring (bicyclic) bond motifs is 1. The third-order valence-electron chi connectivity index (χ3n) is 3.89. The van der Waals surface area contributed by atoms with Crippen molar-refractivity contribution in [2.75, 3.05) is 11.6 Å². The molecule has 0 aliphatic heterocycles. The van der Waals surface area contributed by atoms with Crippen molar-refractivity contribution in [3.8, 4) is 0 Å². The summed E-state index contributed by atoms with van der Waals surface area (Å²) in [5.74, 6) is -0.153. The van der Waals surface area contributed by atoms with Gasteiger partial charge in [-0.2, -0.15) is 0 Å². The number of hydrogen-bond donors (Lipinski definition) is 1. The number of aromatic nitrogens is 2. The summed E-state index contributed by atoms with van der Waals surface area (Å²) in [5.41, 5.74) is 2.88. The fraction of sp³-hybridized carbons (Fsp3) is 0.222. The number of aryl methyl sites for hydroxylation is 1. The number of carbonyl (C=O) groups excluding carboxylic acids is 1. The van der Waals surface area contributed by atoms with E-state index in [0.717, 1.165) is 11.8 Å². The second kappa shape index (κ2) is 7.09. The van der Waals surface area contributed by atoms with Crippen molar-refractivity contribution in [2.24, 2.45) is 0 Å². The van der Waals surface area contributed by atoms with Crippen molar-refractivity contribution in [1.29, 1.82) is 0 Å². The van der Waals surface area contributed by atoms with Gasteiger partial charge >= 0.3 is 0 Å². The average molecular weight is 392 g/mol. The van der Waals surface area contributed by atoms with Crippen molar-refractivity contribution in [3.63, 3.8) is 0 Å². The summed E-state index contributed by atoms with van der Waals surface area (Å²) in [4.78, 5) is 16.9. The Morgan fingerprint density at radius 3 is 2.65 bits per heavy atom. The highest BCUT2D eigenvalue weighted by Gasteiger charge is 2.17. The number of carbonyl (C=O) groups is 1. The maximum absolute atomic E-state index is 12.5. The van der Waals surface area contributed by atoms with Crippen molar-refractivity contribution in [2.45, 2.75) is 19.2 Å². The van der Waals surface area contributed by atoms with E-state index in [0.29, 0.717) is 27.6 Å². The van der Waals surface area contributed by atoms with Gasteiger partial charge in [0.05, 0.1) is 11.0 Å². The molecule has 0 spiro atoms. The maximum atomic E-state index is 12.5. The number of amides is 1. The number of benzene rings is 2. The second-order valence-corrected chi connectivity index (χ2v) is 8.76. The number of sulfone groups is 1. The van der Waals surface area contributed by atoms with Gasteiger partial charge in [-0.3, -0.25) is 4.79 Å². The summed E-state index contributed by atoms with van der Waals surface area (Å²) in [6, 6.07) is 12.4. The normalized spacial score (nSPS) is 11.7. The van der Waals surface area contributed by atoms with Gasteiger partial charge in [-0.05, 0) is 42.8 Å². The van der Waals surface area contributed by atoms with Crippen LogP contribution >= 0.6 is 11.6 Å². The quantitative estimate of drug-likeness (QED) is 0.724. The molecular weight excluding hydrogens is 374 g/mol. The molecular formula is C18H18ClN3O3S. The van der Waals surface area contributed by atoms with Gasteiger partial charge in [0.1, 0.15) is 18.1 Å². The van der Waals surface area contributed by atoms with Crippen LogP contribution in [0.1, 0.15) is 11.4 Å². The van der Waals surface area contributed by atoms with Crippen molar-refractivity contribution < 1.29 is 13.2 Å². The van der Waals surface area contributed by atoms with Crippen LogP contribution in [0, 0.1) is 6.92 Å². The summed E-state index contributed by atoms with van der Waals surface area (Å²) in [6.45, 7) is 1.82. The van der Waals surface area contributed by atoms with Crippen molar-refractivity contribution in [1.82, 2.24) is 9.55 Å². The zero-order valence-corrected chi connectivity index (χ0v) is 15.9. The van der Waals surface area contributed by atoms with E-state index in [1.54, 1.807) is 28.8 Å². The standard InChI is InChI=1S/C18H18ClN3O3S/c1-12-9-13(19)7-8-14(12)21-18(23)10-22-16-6-4-3-5-15(16)20-17(22)11-26(2,24)25/h3-9H,10-11H2,1-2H3,(H,21,23). The first-order valence-corrected chi connectivity index (χ1v) is 10.3. The number of imidazole rings is 1. The van der Waals surface area contributed by atoms with Gasteiger partial charge in [-0.15, -0.1) is 0 Å². The Labute approximate surface area is 156 Å². The zero-order chi connectivity index (χ0) is 18.9. The third-order valence-corrected chi connectivity index (χ3v) is 4.91. The van der Waals surface area contributed by atoms with Gasteiger partial charge < -0.3 is 9.88 Å². The molecule has 1 aromatic heterocycles. The molecule has 0 radical (unpaired) electrons. The van der Waals surface area contributed by atoms with E-state index in [1.165, 1.54) is 0 Å². The van der Waals surface area contributed by atoms with Crippen LogP contribution in [0.2, 0.25) is 5.02 Å². The molecule has 0 bridgehead atoms. The van der Waals surface area contributed by atoms with Crippen molar-refractivity contribution >= 4 is 44.1 Å². The summed E-state index contributed by atoms with van der Waals surface area (Å²) in [7, 11) is -3.28. The molecule has 0 saturated heterocycles. The highest BCUT2D eigenvalue weighted by molar-refractivity contribution is 7.89. The molecule has 136 valence electrons. The molecule has 1 amide bonds. The van der Waals surface area contributed by atoms with E-state index in [1.807, 2.05) is 25.1 Å².